The molecule has 2 aromatic heterocycles. The van der Waals surface area contributed by atoms with Crippen LogP contribution < -0.4 is 0 Å². The molecular formula is C48H34N2. The number of benzene rings is 7. The monoisotopic (exact) mass is 638 g/mol. The summed E-state index contributed by atoms with van der Waals surface area (Å²) >= 11 is 0. The van der Waals surface area contributed by atoms with Gasteiger partial charge in [-0.2, -0.15) is 0 Å². The van der Waals surface area contributed by atoms with Crippen molar-refractivity contribution in [2.45, 2.75) is 12.5 Å². The minimum absolute atomic E-state index is 0.217. The van der Waals surface area contributed by atoms with Crippen LogP contribution in [-0.4, -0.2) is 9.13 Å². The summed E-state index contributed by atoms with van der Waals surface area (Å²) < 4.78 is 5.04. The van der Waals surface area contributed by atoms with Crippen LogP contribution in [0.5, 0.6) is 0 Å². The third-order valence-corrected chi connectivity index (χ3v) is 10.5. The molecule has 10 rings (SSSR count). The summed E-state index contributed by atoms with van der Waals surface area (Å²) in [5.74, 6) is 0. The summed E-state index contributed by atoms with van der Waals surface area (Å²) in [6, 6.07) is 61.9. The molecule has 0 radical (unpaired) electrons. The SMILES string of the molecule is C1=CC(n2c3ccccc3c3c4c5ccccc5n(-c5ccccc5-c5ccccc5)c4ccc32)CC=C1c1ccc(-c2ccccc2)cc1. The predicted octanol–water partition coefficient (Wildman–Crippen LogP) is 12.8. The lowest BCUT2D eigenvalue weighted by atomic mass is 9.95. The molecule has 0 amide bonds. The second-order valence-electron chi connectivity index (χ2n) is 13.2. The van der Waals surface area contributed by atoms with Gasteiger partial charge in [0.05, 0.1) is 28.3 Å². The number of hydrogen-bond acceptors (Lipinski definition) is 0. The van der Waals surface area contributed by atoms with Crippen LogP contribution in [0.25, 0.3) is 77.1 Å². The fraction of sp³-hybridized carbons (Fsp3) is 0.0417. The van der Waals surface area contributed by atoms with Crippen LogP contribution in [0.4, 0.5) is 0 Å². The molecule has 0 fully saturated rings. The first-order chi connectivity index (χ1) is 24.8. The summed E-state index contributed by atoms with van der Waals surface area (Å²) in [6.45, 7) is 0. The number of para-hydroxylation sites is 3. The third-order valence-electron chi connectivity index (χ3n) is 10.5. The zero-order valence-electron chi connectivity index (χ0n) is 27.6. The van der Waals surface area contributed by atoms with Crippen LogP contribution in [0.15, 0.2) is 188 Å². The highest BCUT2D eigenvalue weighted by Crippen LogP contribution is 2.44. The van der Waals surface area contributed by atoms with Gasteiger partial charge >= 0.3 is 0 Å². The van der Waals surface area contributed by atoms with Crippen molar-refractivity contribution < 1.29 is 0 Å². The van der Waals surface area contributed by atoms with Crippen molar-refractivity contribution in [3.8, 4) is 27.9 Å². The Kier molecular flexibility index (Phi) is 6.67. The number of hydrogen-bond donors (Lipinski definition) is 0. The predicted molar refractivity (Wildman–Crippen MR) is 212 cm³/mol. The first kappa shape index (κ1) is 28.6. The average Bonchev–Trinajstić information content (AvgIpc) is 3.71. The maximum absolute atomic E-state index is 2.57. The van der Waals surface area contributed by atoms with Crippen molar-refractivity contribution in [3.05, 3.63) is 194 Å². The molecule has 0 saturated carbocycles. The van der Waals surface area contributed by atoms with Gasteiger partial charge in [-0.1, -0.05) is 158 Å². The van der Waals surface area contributed by atoms with E-state index in [0.717, 1.165) is 6.42 Å². The molecule has 7 aromatic carbocycles. The minimum Gasteiger partial charge on any atom is -0.333 e. The van der Waals surface area contributed by atoms with Crippen LogP contribution in [0, 0.1) is 0 Å². The maximum atomic E-state index is 2.57. The van der Waals surface area contributed by atoms with Gasteiger partial charge in [0.15, 0.2) is 0 Å². The van der Waals surface area contributed by atoms with Gasteiger partial charge in [-0.05, 0) is 64.6 Å². The molecule has 0 saturated heterocycles. The molecule has 1 aliphatic carbocycles. The molecule has 2 heteroatoms. The fourth-order valence-corrected chi connectivity index (χ4v) is 8.20. The lowest BCUT2D eigenvalue weighted by molar-refractivity contribution is 0.649. The molecule has 1 atom stereocenters. The zero-order valence-corrected chi connectivity index (χ0v) is 27.6. The molecule has 0 bridgehead atoms. The molecule has 1 aliphatic rings. The van der Waals surface area contributed by atoms with Crippen molar-refractivity contribution in [1.29, 1.82) is 0 Å². The normalized spacial score (nSPS) is 14.6. The number of aromatic nitrogens is 2. The van der Waals surface area contributed by atoms with Gasteiger partial charge in [0.25, 0.3) is 0 Å². The quantitative estimate of drug-likeness (QED) is 0.178. The molecule has 50 heavy (non-hydrogen) atoms. The fourth-order valence-electron chi connectivity index (χ4n) is 8.20. The molecular weight excluding hydrogens is 605 g/mol. The van der Waals surface area contributed by atoms with E-state index in [2.05, 4.69) is 197 Å². The van der Waals surface area contributed by atoms with Crippen molar-refractivity contribution >= 4 is 49.2 Å². The summed E-state index contributed by atoms with van der Waals surface area (Å²) in [5.41, 5.74) is 13.7. The Labute approximate surface area is 291 Å². The van der Waals surface area contributed by atoms with E-state index < -0.39 is 0 Å². The first-order valence-corrected chi connectivity index (χ1v) is 17.5. The Morgan fingerprint density at radius 2 is 0.980 bits per heavy atom. The highest BCUT2D eigenvalue weighted by Gasteiger charge is 2.23. The third kappa shape index (κ3) is 4.49. The number of nitrogens with zero attached hydrogens (tertiary/aromatic N) is 2. The van der Waals surface area contributed by atoms with E-state index in [0.29, 0.717) is 0 Å². The second-order valence-corrected chi connectivity index (χ2v) is 13.2. The highest BCUT2D eigenvalue weighted by atomic mass is 15.0. The van der Waals surface area contributed by atoms with Crippen LogP contribution in [0.3, 0.4) is 0 Å². The molecule has 1 unspecified atom stereocenters. The minimum atomic E-state index is 0.217. The second kappa shape index (κ2) is 11.6. The lowest BCUT2D eigenvalue weighted by Crippen LogP contribution is -2.08. The summed E-state index contributed by atoms with van der Waals surface area (Å²) in [6.07, 6.45) is 8.06. The maximum Gasteiger partial charge on any atom is 0.0560 e. The van der Waals surface area contributed by atoms with Crippen molar-refractivity contribution in [3.63, 3.8) is 0 Å². The molecule has 0 aliphatic heterocycles. The van der Waals surface area contributed by atoms with Crippen LogP contribution in [-0.2, 0) is 0 Å². The molecule has 9 aromatic rings. The smallest absolute Gasteiger partial charge is 0.0560 e. The van der Waals surface area contributed by atoms with Gasteiger partial charge < -0.3 is 9.13 Å². The van der Waals surface area contributed by atoms with E-state index in [1.807, 2.05) is 0 Å². The van der Waals surface area contributed by atoms with E-state index in [-0.39, 0.29) is 6.04 Å². The number of rotatable bonds is 5. The van der Waals surface area contributed by atoms with Gasteiger partial charge in [0, 0.05) is 32.6 Å². The number of allylic oxidation sites excluding steroid dienone is 4. The van der Waals surface area contributed by atoms with Gasteiger partial charge in [-0.15, -0.1) is 0 Å². The standard InChI is InChI=1S/C48H34N2/c1-3-13-33(14-4-1)34-23-25-35(26-24-34)36-27-29-38(30-28-36)49-43-21-11-8-18-40(43)47-45(49)31-32-46-48(47)41-19-9-12-22-44(41)50(46)42-20-10-7-17-39(42)37-15-5-2-6-16-37/h1-29,31-32,38H,30H2. The summed E-state index contributed by atoms with van der Waals surface area (Å²) in [4.78, 5) is 0. The van der Waals surface area contributed by atoms with Crippen molar-refractivity contribution in [2.24, 2.45) is 0 Å². The van der Waals surface area contributed by atoms with Crippen LogP contribution >= 0.6 is 0 Å². The van der Waals surface area contributed by atoms with Crippen molar-refractivity contribution in [2.75, 3.05) is 0 Å². The Morgan fingerprint density at radius 3 is 1.72 bits per heavy atom. The van der Waals surface area contributed by atoms with Crippen LogP contribution in [0.2, 0.25) is 0 Å². The van der Waals surface area contributed by atoms with E-state index in [1.54, 1.807) is 0 Å². The first-order valence-electron chi connectivity index (χ1n) is 17.5. The highest BCUT2D eigenvalue weighted by molar-refractivity contribution is 6.28. The molecule has 236 valence electrons. The van der Waals surface area contributed by atoms with Gasteiger partial charge in [0.1, 0.15) is 0 Å². The van der Waals surface area contributed by atoms with E-state index in [9.17, 15) is 0 Å². The number of fused-ring (bicyclic) bond motifs is 7. The molecule has 2 heterocycles. The van der Waals surface area contributed by atoms with Crippen LogP contribution in [0.1, 0.15) is 18.0 Å². The summed E-state index contributed by atoms with van der Waals surface area (Å²) in [7, 11) is 0. The zero-order chi connectivity index (χ0) is 33.0. The molecule has 2 nitrogen and oxygen atoms in total. The molecule has 0 spiro atoms. The Bertz CT molecular complexity index is 2760. The Hall–Kier alpha value is -6.38. The summed E-state index contributed by atoms with van der Waals surface area (Å²) in [5, 5.41) is 5.21. The molecule has 0 N–H and O–H groups in total. The van der Waals surface area contributed by atoms with Crippen molar-refractivity contribution in [1.82, 2.24) is 9.13 Å². The van der Waals surface area contributed by atoms with Gasteiger partial charge in [0.2, 0.25) is 0 Å². The van der Waals surface area contributed by atoms with Gasteiger partial charge in [-0.3, -0.25) is 0 Å². The van der Waals surface area contributed by atoms with E-state index >= 15 is 0 Å². The Balaban J connectivity index is 1.12. The lowest BCUT2D eigenvalue weighted by Gasteiger charge is -2.21. The van der Waals surface area contributed by atoms with E-state index in [1.165, 1.54) is 82.7 Å². The van der Waals surface area contributed by atoms with Gasteiger partial charge in [-0.25, -0.2) is 0 Å². The largest absolute Gasteiger partial charge is 0.333 e. The topological polar surface area (TPSA) is 9.86 Å². The van der Waals surface area contributed by atoms with E-state index in [4.69, 9.17) is 0 Å². The Morgan fingerprint density at radius 1 is 0.420 bits per heavy atom. The average molecular weight is 639 g/mol.